The molecule has 11 nitrogen and oxygen atoms in total. The molecule has 49 heavy (non-hydrogen) atoms. The Bertz CT molecular complexity index is 2110. The predicted octanol–water partition coefficient (Wildman–Crippen LogP) is 4.84. The van der Waals surface area contributed by atoms with Crippen molar-refractivity contribution < 1.29 is 29.0 Å². The van der Waals surface area contributed by atoms with Gasteiger partial charge in [-0.2, -0.15) is 0 Å². The van der Waals surface area contributed by atoms with Crippen LogP contribution in [0.25, 0.3) is 22.8 Å². The Morgan fingerprint density at radius 2 is 1.12 bits per heavy atom. The lowest BCUT2D eigenvalue weighted by atomic mass is 10.1. The maximum Gasteiger partial charge on any atom is 0.285 e. The molecule has 0 spiro atoms. The number of hydrogen-bond acceptors (Lipinski definition) is 10. The number of amides is 2. The molecule has 0 fully saturated rings. The summed E-state index contributed by atoms with van der Waals surface area (Å²) in [6, 6.07) is 24.9. The summed E-state index contributed by atoms with van der Waals surface area (Å²) in [7, 11) is 3.22. The van der Waals surface area contributed by atoms with E-state index in [1.54, 1.807) is 56.7 Å². The van der Waals surface area contributed by atoms with E-state index < -0.39 is 11.8 Å². The second kappa shape index (κ2) is 15.9. The van der Waals surface area contributed by atoms with Crippen LogP contribution >= 0.6 is 0 Å². The van der Waals surface area contributed by atoms with Gasteiger partial charge in [0.05, 0.1) is 48.1 Å². The number of rotatable bonds is 6. The molecule has 1 N–H and O–H groups in total. The summed E-state index contributed by atoms with van der Waals surface area (Å²) in [5.74, 6) is 11.5. The predicted molar refractivity (Wildman–Crippen MR) is 181 cm³/mol. The third kappa shape index (κ3) is 8.50. The van der Waals surface area contributed by atoms with Crippen LogP contribution in [0, 0.1) is 37.5 Å². The summed E-state index contributed by atoms with van der Waals surface area (Å²) in [5.41, 5.74) is 6.26. The first-order valence-corrected chi connectivity index (χ1v) is 15.0. The van der Waals surface area contributed by atoms with Crippen LogP contribution in [0.5, 0.6) is 11.5 Å². The van der Waals surface area contributed by atoms with Gasteiger partial charge in [-0.15, -0.1) is 5.06 Å². The zero-order valence-electron chi connectivity index (χ0n) is 27.2. The number of benzene rings is 1. The summed E-state index contributed by atoms with van der Waals surface area (Å²) in [6.45, 7) is 3.48. The lowest BCUT2D eigenvalue weighted by molar-refractivity contribution is -0.0782. The van der Waals surface area contributed by atoms with Crippen molar-refractivity contribution in [2.45, 2.75) is 13.8 Å². The van der Waals surface area contributed by atoms with Crippen molar-refractivity contribution in [2.24, 2.45) is 0 Å². The highest BCUT2D eigenvalue weighted by Crippen LogP contribution is 2.24. The van der Waals surface area contributed by atoms with Gasteiger partial charge in [-0.1, -0.05) is 36.1 Å². The summed E-state index contributed by atoms with van der Waals surface area (Å²) in [5, 5.41) is 9.43. The van der Waals surface area contributed by atoms with Crippen molar-refractivity contribution in [3.63, 3.8) is 0 Å². The zero-order valence-corrected chi connectivity index (χ0v) is 27.2. The van der Waals surface area contributed by atoms with Crippen LogP contribution in [0.4, 0.5) is 0 Å². The highest BCUT2D eigenvalue weighted by atomic mass is 16.7. The Labute approximate surface area is 283 Å². The van der Waals surface area contributed by atoms with Gasteiger partial charge in [0.1, 0.15) is 36.1 Å². The summed E-state index contributed by atoms with van der Waals surface area (Å²) >= 11 is 0. The minimum absolute atomic E-state index is 0.131. The second-order valence-corrected chi connectivity index (χ2v) is 10.4. The molecule has 5 heterocycles. The molecule has 0 saturated carbocycles. The van der Waals surface area contributed by atoms with Gasteiger partial charge < -0.3 is 14.6 Å². The molecule has 1 aliphatic heterocycles. The molecule has 5 aromatic rings. The van der Waals surface area contributed by atoms with Gasteiger partial charge >= 0.3 is 0 Å². The molecule has 0 radical (unpaired) electrons. The lowest BCUT2D eigenvalue weighted by Crippen LogP contribution is -2.30. The van der Waals surface area contributed by atoms with E-state index in [0.717, 1.165) is 33.6 Å². The zero-order chi connectivity index (χ0) is 34.8. The molecule has 244 valence electrons. The SMILES string of the molecule is COc1cc(C)nc(-c2cccc(C#CCO)n2)c1.COc1cc(C)nc(-c2cccc(C#CCON3C(=O)c4ccccc4C3=O)n2)c1. The highest BCUT2D eigenvalue weighted by molar-refractivity contribution is 6.20. The Kier molecular flexibility index (Phi) is 11.0. The minimum atomic E-state index is -0.489. The fourth-order valence-electron chi connectivity index (χ4n) is 4.70. The van der Waals surface area contributed by atoms with E-state index >= 15 is 0 Å². The number of hydrogen-bond donors (Lipinski definition) is 1. The molecule has 1 aliphatic rings. The molecule has 0 atom stereocenters. The van der Waals surface area contributed by atoms with E-state index in [4.69, 9.17) is 19.4 Å². The van der Waals surface area contributed by atoms with Crippen molar-refractivity contribution in [2.75, 3.05) is 27.4 Å². The monoisotopic (exact) mass is 653 g/mol. The number of aryl methyl sites for hydroxylation is 2. The molecule has 0 saturated heterocycles. The Hall–Kier alpha value is -6.40. The molecular formula is C38H31N5O6. The smallest absolute Gasteiger partial charge is 0.285 e. The number of methoxy groups -OCH3 is 2. The van der Waals surface area contributed by atoms with Gasteiger partial charge in [-0.05, 0) is 62.1 Å². The molecule has 11 heteroatoms. The van der Waals surface area contributed by atoms with E-state index in [-0.39, 0.29) is 13.2 Å². The average Bonchev–Trinajstić information content (AvgIpc) is 3.37. The van der Waals surface area contributed by atoms with E-state index in [2.05, 4.69) is 43.6 Å². The van der Waals surface area contributed by atoms with Crippen molar-refractivity contribution in [3.05, 3.63) is 119 Å². The lowest BCUT2D eigenvalue weighted by Gasteiger charge is -2.10. The van der Waals surface area contributed by atoms with E-state index in [9.17, 15) is 9.59 Å². The summed E-state index contributed by atoms with van der Waals surface area (Å²) in [4.78, 5) is 47.6. The first-order chi connectivity index (χ1) is 23.8. The van der Waals surface area contributed by atoms with Crippen LogP contribution in [-0.4, -0.2) is 69.4 Å². The number of carbonyl (C=O) groups excluding carboxylic acids is 2. The number of pyridine rings is 4. The number of aliphatic hydroxyl groups is 1. The molecule has 0 aliphatic carbocycles. The Balaban J connectivity index is 0.000000212. The fraction of sp³-hybridized carbons (Fsp3) is 0.158. The van der Waals surface area contributed by atoms with Gasteiger partial charge in [0, 0.05) is 35.7 Å². The maximum atomic E-state index is 12.3. The summed E-state index contributed by atoms with van der Waals surface area (Å²) < 4.78 is 10.5. The number of aliphatic hydroxyl groups excluding tert-OH is 1. The molecule has 6 rings (SSSR count). The number of nitrogens with zero attached hydrogens (tertiary/aromatic N) is 5. The van der Waals surface area contributed by atoms with Gasteiger partial charge in [0.25, 0.3) is 11.8 Å². The largest absolute Gasteiger partial charge is 0.497 e. The first kappa shape index (κ1) is 33.9. The van der Waals surface area contributed by atoms with Crippen LogP contribution in [0.3, 0.4) is 0 Å². The number of aromatic nitrogens is 4. The molecule has 0 bridgehead atoms. The van der Waals surface area contributed by atoms with Crippen molar-refractivity contribution in [1.29, 1.82) is 0 Å². The van der Waals surface area contributed by atoms with E-state index in [0.29, 0.717) is 39.7 Å². The van der Waals surface area contributed by atoms with Crippen LogP contribution in [0.1, 0.15) is 43.5 Å². The summed E-state index contributed by atoms with van der Waals surface area (Å²) in [6.07, 6.45) is 0. The van der Waals surface area contributed by atoms with Gasteiger partial charge in [0.2, 0.25) is 0 Å². The molecule has 4 aromatic heterocycles. The Morgan fingerprint density at radius 1 is 0.633 bits per heavy atom. The normalized spacial score (nSPS) is 11.3. The standard InChI is InChI=1S/C23H17N3O4.C15H14N2O2/c1-15-13-17(29-2)14-21(24-15)20-11-5-7-16(25-20)8-6-12-30-26-22(27)18-9-3-4-10-19(18)23(26)28;1-11-9-13(19-2)10-15(16-11)14-7-3-5-12(17-14)6-4-8-18/h3-5,7,9-11,13-14H,12H2,1-2H3;3,5,7,9-10,18H,8H2,1-2H3. The van der Waals surface area contributed by atoms with Crippen LogP contribution in [0.15, 0.2) is 84.9 Å². The molecule has 0 unspecified atom stereocenters. The van der Waals surface area contributed by atoms with Crippen molar-refractivity contribution in [1.82, 2.24) is 25.0 Å². The average molecular weight is 654 g/mol. The van der Waals surface area contributed by atoms with Gasteiger partial charge in [0.15, 0.2) is 0 Å². The number of imide groups is 1. The van der Waals surface area contributed by atoms with E-state index in [1.807, 2.05) is 56.3 Å². The molecular weight excluding hydrogens is 622 g/mol. The topological polar surface area (TPSA) is 137 Å². The van der Waals surface area contributed by atoms with Crippen molar-refractivity contribution >= 4 is 11.8 Å². The number of hydroxylamine groups is 2. The van der Waals surface area contributed by atoms with Crippen LogP contribution < -0.4 is 9.47 Å². The number of ether oxygens (including phenoxy) is 2. The maximum absolute atomic E-state index is 12.3. The number of carbonyl (C=O) groups is 2. The Morgan fingerprint density at radius 3 is 1.59 bits per heavy atom. The minimum Gasteiger partial charge on any atom is -0.497 e. The fourth-order valence-corrected chi connectivity index (χ4v) is 4.70. The van der Waals surface area contributed by atoms with Gasteiger partial charge in [-0.3, -0.25) is 19.6 Å². The van der Waals surface area contributed by atoms with Gasteiger partial charge in [-0.25, -0.2) is 14.8 Å². The highest BCUT2D eigenvalue weighted by Gasteiger charge is 2.36. The third-order valence-electron chi connectivity index (χ3n) is 6.88. The molecule has 1 aromatic carbocycles. The third-order valence-corrected chi connectivity index (χ3v) is 6.88. The van der Waals surface area contributed by atoms with Crippen molar-refractivity contribution in [3.8, 4) is 58.0 Å². The number of fused-ring (bicyclic) bond motifs is 1. The quantitative estimate of drug-likeness (QED) is 0.200. The first-order valence-electron chi connectivity index (χ1n) is 15.0. The second-order valence-electron chi connectivity index (χ2n) is 10.4. The van der Waals surface area contributed by atoms with Crippen LogP contribution in [-0.2, 0) is 4.84 Å². The van der Waals surface area contributed by atoms with Crippen LogP contribution in [0.2, 0.25) is 0 Å². The molecule has 2 amide bonds. The van der Waals surface area contributed by atoms with E-state index in [1.165, 1.54) is 0 Å².